The lowest BCUT2D eigenvalue weighted by Gasteiger charge is -2.14. The largest absolute Gasteiger partial charge is 0.479 e. The fourth-order valence-electron chi connectivity index (χ4n) is 2.40. The zero-order valence-corrected chi connectivity index (χ0v) is 13.3. The molecule has 1 N–H and O–H groups in total. The number of halogens is 2. The first-order valence-corrected chi connectivity index (χ1v) is 7.39. The summed E-state index contributed by atoms with van der Waals surface area (Å²) >= 11 is 5.96. The van der Waals surface area contributed by atoms with Crippen molar-refractivity contribution >= 4 is 29.5 Å². The van der Waals surface area contributed by atoms with Crippen molar-refractivity contribution in [1.82, 2.24) is 0 Å². The molecule has 24 heavy (non-hydrogen) atoms. The number of rotatable bonds is 6. The molecule has 0 amide bonds. The third-order valence-electron chi connectivity index (χ3n) is 3.45. The van der Waals surface area contributed by atoms with Crippen molar-refractivity contribution in [3.05, 3.63) is 46.3 Å². The number of aliphatic carboxylic acids is 1. The number of carboxylic acids is 1. The number of fused-ring (bicyclic) bond motifs is 1. The molecule has 1 aromatic carbocycles. The fraction of sp³-hybridized carbons (Fsp3) is 0.312. The topological polar surface area (TPSA) is 89.9 Å². The molecule has 128 valence electrons. The molecule has 1 aliphatic rings. The Kier molecular flexibility index (Phi) is 5.56. The highest BCUT2D eigenvalue weighted by Crippen LogP contribution is 2.38. The summed E-state index contributed by atoms with van der Waals surface area (Å²) in [6, 6.07) is 2.47. The van der Waals surface area contributed by atoms with Crippen LogP contribution in [-0.2, 0) is 30.3 Å². The molecule has 2 rings (SSSR count). The molecule has 1 aliphatic carbocycles. The average molecular weight is 357 g/mol. The summed E-state index contributed by atoms with van der Waals surface area (Å²) in [5.41, 5.74) is 1.01. The van der Waals surface area contributed by atoms with Gasteiger partial charge in [0.25, 0.3) is 0 Å². The SMILES string of the molecule is C=C(CC(=O)OC1CCc2c(Cl)cc(F)cc21)C(=O)OCC(=O)O. The summed E-state index contributed by atoms with van der Waals surface area (Å²) in [7, 11) is 0. The van der Waals surface area contributed by atoms with Gasteiger partial charge in [0, 0.05) is 16.2 Å². The lowest BCUT2D eigenvalue weighted by molar-refractivity contribution is -0.154. The molecule has 0 aliphatic heterocycles. The molecule has 1 atom stereocenters. The van der Waals surface area contributed by atoms with Gasteiger partial charge in [-0.05, 0) is 30.5 Å². The van der Waals surface area contributed by atoms with Crippen LogP contribution in [0, 0.1) is 5.82 Å². The highest BCUT2D eigenvalue weighted by atomic mass is 35.5. The molecular formula is C16H14ClFO6. The zero-order valence-electron chi connectivity index (χ0n) is 12.5. The number of benzene rings is 1. The van der Waals surface area contributed by atoms with E-state index >= 15 is 0 Å². The summed E-state index contributed by atoms with van der Waals surface area (Å²) < 4.78 is 23.1. The van der Waals surface area contributed by atoms with E-state index in [1.165, 1.54) is 12.1 Å². The molecule has 6 nitrogen and oxygen atoms in total. The highest BCUT2D eigenvalue weighted by Gasteiger charge is 2.29. The molecule has 0 spiro atoms. The first kappa shape index (κ1) is 17.9. The van der Waals surface area contributed by atoms with Crippen molar-refractivity contribution in [1.29, 1.82) is 0 Å². The van der Waals surface area contributed by atoms with Gasteiger partial charge in [-0.1, -0.05) is 18.2 Å². The maximum absolute atomic E-state index is 13.5. The Bertz CT molecular complexity index is 715. The minimum absolute atomic E-state index is 0.225. The standard InChI is InChI=1S/C16H14ClFO6/c1-8(16(22)23-7-14(19)20)4-15(21)24-13-3-2-10-11(13)5-9(18)6-12(10)17/h5-6,13H,1-4,7H2,(H,19,20). The Balaban J connectivity index is 1.94. The molecule has 0 fully saturated rings. The van der Waals surface area contributed by atoms with Gasteiger partial charge in [0.15, 0.2) is 6.61 Å². The molecule has 0 heterocycles. The minimum Gasteiger partial charge on any atom is -0.479 e. The van der Waals surface area contributed by atoms with Crippen LogP contribution in [0.3, 0.4) is 0 Å². The minimum atomic E-state index is -1.32. The Morgan fingerprint density at radius 2 is 2.08 bits per heavy atom. The second kappa shape index (κ2) is 7.44. The van der Waals surface area contributed by atoms with E-state index in [-0.39, 0.29) is 10.6 Å². The maximum Gasteiger partial charge on any atom is 0.341 e. The predicted molar refractivity (Wildman–Crippen MR) is 80.9 cm³/mol. The van der Waals surface area contributed by atoms with Gasteiger partial charge in [0.1, 0.15) is 11.9 Å². The monoisotopic (exact) mass is 356 g/mol. The predicted octanol–water partition coefficient (Wildman–Crippen LogP) is 2.58. The van der Waals surface area contributed by atoms with Gasteiger partial charge in [0.05, 0.1) is 6.42 Å². The molecule has 0 saturated heterocycles. The molecule has 0 aromatic heterocycles. The van der Waals surface area contributed by atoms with Crippen LogP contribution in [0.4, 0.5) is 4.39 Å². The Hall–Kier alpha value is -2.41. The summed E-state index contributed by atoms with van der Waals surface area (Å²) in [4.78, 5) is 33.7. The van der Waals surface area contributed by atoms with Crippen molar-refractivity contribution in [2.45, 2.75) is 25.4 Å². The molecule has 8 heteroatoms. The van der Waals surface area contributed by atoms with Crippen LogP contribution in [0.1, 0.15) is 30.1 Å². The van der Waals surface area contributed by atoms with Crippen LogP contribution in [0.15, 0.2) is 24.3 Å². The van der Waals surface area contributed by atoms with Crippen LogP contribution in [0.2, 0.25) is 5.02 Å². The van der Waals surface area contributed by atoms with Crippen molar-refractivity contribution < 1.29 is 33.4 Å². The molecule has 0 saturated carbocycles. The van der Waals surface area contributed by atoms with E-state index in [9.17, 15) is 18.8 Å². The number of ether oxygens (including phenoxy) is 2. The Labute approximate surface area is 141 Å². The van der Waals surface area contributed by atoms with Gasteiger partial charge in [-0.3, -0.25) is 4.79 Å². The normalized spacial score (nSPS) is 15.5. The van der Waals surface area contributed by atoms with Gasteiger partial charge in [-0.15, -0.1) is 0 Å². The Morgan fingerprint density at radius 1 is 1.38 bits per heavy atom. The number of esters is 2. The smallest absolute Gasteiger partial charge is 0.341 e. The fourth-order valence-corrected chi connectivity index (χ4v) is 2.71. The lowest BCUT2D eigenvalue weighted by atomic mass is 10.1. The number of carbonyl (C=O) groups is 3. The second-order valence-corrected chi connectivity index (χ2v) is 5.63. The summed E-state index contributed by atoms with van der Waals surface area (Å²) in [5, 5.41) is 8.70. The van der Waals surface area contributed by atoms with E-state index in [1.54, 1.807) is 0 Å². The number of hydrogen-bond donors (Lipinski definition) is 1. The van der Waals surface area contributed by atoms with Crippen molar-refractivity contribution in [2.75, 3.05) is 6.61 Å². The van der Waals surface area contributed by atoms with Gasteiger partial charge in [0.2, 0.25) is 0 Å². The van der Waals surface area contributed by atoms with Crippen molar-refractivity contribution in [2.24, 2.45) is 0 Å². The quantitative estimate of drug-likeness (QED) is 0.622. The third kappa shape index (κ3) is 4.32. The van der Waals surface area contributed by atoms with Crippen LogP contribution in [-0.4, -0.2) is 29.6 Å². The van der Waals surface area contributed by atoms with Crippen LogP contribution in [0.5, 0.6) is 0 Å². The highest BCUT2D eigenvalue weighted by molar-refractivity contribution is 6.31. The molecule has 0 radical (unpaired) electrons. The molecule has 1 aromatic rings. The van der Waals surface area contributed by atoms with E-state index in [0.717, 1.165) is 5.56 Å². The van der Waals surface area contributed by atoms with Crippen LogP contribution >= 0.6 is 11.6 Å². The summed E-state index contributed by atoms with van der Waals surface area (Å²) in [5.74, 6) is -3.58. The third-order valence-corrected chi connectivity index (χ3v) is 3.78. The zero-order chi connectivity index (χ0) is 17.9. The number of carbonyl (C=O) groups excluding carboxylic acids is 2. The second-order valence-electron chi connectivity index (χ2n) is 5.22. The molecule has 1 unspecified atom stereocenters. The molecule has 0 bridgehead atoms. The van der Waals surface area contributed by atoms with Gasteiger partial charge in [-0.25, -0.2) is 14.0 Å². The van der Waals surface area contributed by atoms with E-state index in [4.69, 9.17) is 21.4 Å². The van der Waals surface area contributed by atoms with Gasteiger partial charge >= 0.3 is 17.9 Å². The first-order chi connectivity index (χ1) is 11.3. The average Bonchev–Trinajstić information content (AvgIpc) is 2.87. The first-order valence-electron chi connectivity index (χ1n) is 7.02. The van der Waals surface area contributed by atoms with E-state index in [1.807, 2.05) is 0 Å². The van der Waals surface area contributed by atoms with Crippen LogP contribution in [0.25, 0.3) is 0 Å². The summed E-state index contributed by atoms with van der Waals surface area (Å²) in [6.45, 7) is 2.55. The van der Waals surface area contributed by atoms with Gasteiger partial charge in [-0.2, -0.15) is 0 Å². The van der Waals surface area contributed by atoms with Crippen molar-refractivity contribution in [3.8, 4) is 0 Å². The molecular weight excluding hydrogens is 343 g/mol. The van der Waals surface area contributed by atoms with E-state index in [0.29, 0.717) is 18.4 Å². The lowest BCUT2D eigenvalue weighted by Crippen LogP contribution is -2.17. The van der Waals surface area contributed by atoms with Crippen LogP contribution < -0.4 is 0 Å². The Morgan fingerprint density at radius 3 is 2.75 bits per heavy atom. The summed E-state index contributed by atoms with van der Waals surface area (Å²) in [6.07, 6.45) is -0.0924. The van der Waals surface area contributed by atoms with E-state index < -0.39 is 42.9 Å². The van der Waals surface area contributed by atoms with Crippen molar-refractivity contribution in [3.63, 3.8) is 0 Å². The van der Waals surface area contributed by atoms with E-state index in [2.05, 4.69) is 11.3 Å². The number of hydrogen-bond acceptors (Lipinski definition) is 5. The number of carboxylic acid groups (broad SMARTS) is 1. The maximum atomic E-state index is 13.5. The van der Waals surface area contributed by atoms with Gasteiger partial charge < -0.3 is 14.6 Å².